The zero-order valence-corrected chi connectivity index (χ0v) is 13.4. The van der Waals surface area contributed by atoms with Crippen LogP contribution in [0.25, 0.3) is 0 Å². The number of carbonyl (C=O) groups is 2. The molecule has 2 rings (SSSR count). The fourth-order valence-corrected chi connectivity index (χ4v) is 2.34. The van der Waals surface area contributed by atoms with Crippen LogP contribution in [0.15, 0.2) is 36.4 Å². The van der Waals surface area contributed by atoms with Crippen molar-refractivity contribution >= 4 is 29.2 Å². The van der Waals surface area contributed by atoms with Gasteiger partial charge >= 0.3 is 0 Å². The molecular weight excluding hydrogens is 318 g/mol. The number of carbonyl (C=O) groups excluding carboxylic acids is 2. The number of benzene rings is 2. The molecule has 0 saturated heterocycles. The van der Waals surface area contributed by atoms with E-state index >= 15 is 0 Å². The van der Waals surface area contributed by atoms with Crippen molar-refractivity contribution in [3.05, 3.63) is 58.1 Å². The van der Waals surface area contributed by atoms with Crippen LogP contribution in [0.4, 0.5) is 5.69 Å². The molecule has 0 fully saturated rings. The quantitative estimate of drug-likeness (QED) is 0.913. The van der Waals surface area contributed by atoms with Crippen molar-refractivity contribution < 1.29 is 19.4 Å². The Bertz CT molecular complexity index is 758. The van der Waals surface area contributed by atoms with Crippen molar-refractivity contribution in [3.8, 4) is 5.75 Å². The molecule has 0 spiro atoms. The number of anilines is 1. The first kappa shape index (κ1) is 16.8. The summed E-state index contributed by atoms with van der Waals surface area (Å²) in [6, 6.07) is 9.29. The SMILES string of the molecule is CCOc1ccc(C(=O)Nc2cccc(C(=O)[O-])c2C)cc1Cl. The third kappa shape index (κ3) is 3.81. The summed E-state index contributed by atoms with van der Waals surface area (Å²) < 4.78 is 5.31. The summed E-state index contributed by atoms with van der Waals surface area (Å²) in [7, 11) is 0. The second kappa shape index (κ2) is 7.15. The molecule has 2 aromatic carbocycles. The van der Waals surface area contributed by atoms with Crippen molar-refractivity contribution in [3.63, 3.8) is 0 Å². The monoisotopic (exact) mass is 332 g/mol. The average Bonchev–Trinajstić information content (AvgIpc) is 2.51. The predicted octanol–water partition coefficient (Wildman–Crippen LogP) is 2.66. The van der Waals surface area contributed by atoms with Crippen LogP contribution < -0.4 is 15.2 Å². The number of halogens is 1. The van der Waals surface area contributed by atoms with Gasteiger partial charge in [0.25, 0.3) is 5.91 Å². The third-order valence-electron chi connectivity index (χ3n) is 3.30. The van der Waals surface area contributed by atoms with E-state index in [9.17, 15) is 14.7 Å². The lowest BCUT2D eigenvalue weighted by Crippen LogP contribution is -2.24. The normalized spacial score (nSPS) is 10.2. The van der Waals surface area contributed by atoms with Gasteiger partial charge in [-0.05, 0) is 43.7 Å². The molecule has 23 heavy (non-hydrogen) atoms. The van der Waals surface area contributed by atoms with Gasteiger partial charge in [0.05, 0.1) is 17.6 Å². The molecule has 0 heterocycles. The number of hydrogen-bond donors (Lipinski definition) is 1. The molecule has 0 bridgehead atoms. The Morgan fingerprint density at radius 2 is 2.00 bits per heavy atom. The second-order valence-electron chi connectivity index (χ2n) is 4.80. The number of nitrogens with one attached hydrogen (secondary N) is 1. The Hall–Kier alpha value is -2.53. The van der Waals surface area contributed by atoms with Gasteiger partial charge in [-0.25, -0.2) is 0 Å². The van der Waals surface area contributed by atoms with Gasteiger partial charge in [-0.2, -0.15) is 0 Å². The first-order valence-electron chi connectivity index (χ1n) is 6.98. The fourth-order valence-electron chi connectivity index (χ4n) is 2.10. The van der Waals surface area contributed by atoms with E-state index in [0.29, 0.717) is 34.2 Å². The smallest absolute Gasteiger partial charge is 0.255 e. The molecule has 5 nitrogen and oxygen atoms in total. The van der Waals surface area contributed by atoms with E-state index in [1.807, 2.05) is 6.92 Å². The second-order valence-corrected chi connectivity index (χ2v) is 5.21. The minimum Gasteiger partial charge on any atom is -0.545 e. The molecule has 0 aliphatic heterocycles. The van der Waals surface area contributed by atoms with Gasteiger partial charge in [-0.3, -0.25) is 4.79 Å². The molecule has 1 amide bonds. The zero-order valence-electron chi connectivity index (χ0n) is 12.7. The zero-order chi connectivity index (χ0) is 17.0. The molecule has 6 heteroatoms. The van der Waals surface area contributed by atoms with Crippen LogP contribution in [-0.4, -0.2) is 18.5 Å². The van der Waals surface area contributed by atoms with Crippen molar-refractivity contribution in [1.29, 1.82) is 0 Å². The first-order valence-corrected chi connectivity index (χ1v) is 7.36. The summed E-state index contributed by atoms with van der Waals surface area (Å²) in [5, 5.41) is 14.0. The largest absolute Gasteiger partial charge is 0.545 e. The summed E-state index contributed by atoms with van der Waals surface area (Å²) >= 11 is 6.06. The predicted molar refractivity (Wildman–Crippen MR) is 86.1 cm³/mol. The first-order chi connectivity index (χ1) is 10.9. The summed E-state index contributed by atoms with van der Waals surface area (Å²) in [5.41, 5.74) is 1.21. The molecule has 1 N–H and O–H groups in total. The maximum Gasteiger partial charge on any atom is 0.255 e. The molecule has 0 aliphatic carbocycles. The minimum absolute atomic E-state index is 0.0347. The van der Waals surface area contributed by atoms with Crippen LogP contribution in [0, 0.1) is 6.92 Å². The number of rotatable bonds is 5. The van der Waals surface area contributed by atoms with Gasteiger partial charge in [0.1, 0.15) is 5.75 Å². The van der Waals surface area contributed by atoms with Crippen LogP contribution >= 0.6 is 11.6 Å². The fraction of sp³-hybridized carbons (Fsp3) is 0.176. The number of carboxylic acid groups (broad SMARTS) is 1. The lowest BCUT2D eigenvalue weighted by Gasteiger charge is -2.13. The van der Waals surface area contributed by atoms with Gasteiger partial charge in [-0.15, -0.1) is 0 Å². The average molecular weight is 333 g/mol. The van der Waals surface area contributed by atoms with Gasteiger partial charge in [-0.1, -0.05) is 23.7 Å². The summed E-state index contributed by atoms with van der Waals surface area (Å²) in [5.74, 6) is -1.18. The van der Waals surface area contributed by atoms with E-state index in [0.717, 1.165) is 0 Å². The van der Waals surface area contributed by atoms with Crippen LogP contribution in [0.2, 0.25) is 5.02 Å². The lowest BCUT2D eigenvalue weighted by molar-refractivity contribution is -0.255. The van der Waals surface area contributed by atoms with Crippen molar-refractivity contribution in [2.45, 2.75) is 13.8 Å². The van der Waals surface area contributed by atoms with E-state index in [1.54, 1.807) is 31.2 Å². The summed E-state index contributed by atoms with van der Waals surface area (Å²) in [6.07, 6.45) is 0. The summed E-state index contributed by atoms with van der Waals surface area (Å²) in [4.78, 5) is 23.3. The van der Waals surface area contributed by atoms with Gasteiger partial charge < -0.3 is 20.0 Å². The highest BCUT2D eigenvalue weighted by Gasteiger charge is 2.12. The number of hydrogen-bond acceptors (Lipinski definition) is 4. The van der Waals surface area contributed by atoms with Gasteiger partial charge in [0.2, 0.25) is 0 Å². The van der Waals surface area contributed by atoms with Crippen molar-refractivity contribution in [2.24, 2.45) is 0 Å². The molecule has 0 unspecified atom stereocenters. The van der Waals surface area contributed by atoms with Crippen LogP contribution in [0.5, 0.6) is 5.75 Å². The number of carboxylic acids is 1. The molecule has 120 valence electrons. The van der Waals surface area contributed by atoms with Crippen LogP contribution in [-0.2, 0) is 0 Å². The molecule has 0 radical (unpaired) electrons. The van der Waals surface area contributed by atoms with Crippen molar-refractivity contribution in [2.75, 3.05) is 11.9 Å². The highest BCUT2D eigenvalue weighted by Crippen LogP contribution is 2.26. The molecule has 0 saturated carbocycles. The summed E-state index contributed by atoms with van der Waals surface area (Å²) in [6.45, 7) is 3.91. The number of ether oxygens (including phenoxy) is 1. The van der Waals surface area contributed by atoms with E-state index in [2.05, 4.69) is 5.32 Å². The van der Waals surface area contributed by atoms with E-state index in [1.165, 1.54) is 12.1 Å². The molecule has 0 atom stereocenters. The number of amides is 1. The molecule has 0 aromatic heterocycles. The maximum absolute atomic E-state index is 12.3. The third-order valence-corrected chi connectivity index (χ3v) is 3.59. The minimum atomic E-state index is -1.29. The Labute approximate surface area is 138 Å². The standard InChI is InChI=1S/C17H16ClNO4/c1-3-23-15-8-7-11(9-13(15)18)16(20)19-14-6-4-5-12(10(14)2)17(21)22/h4-9H,3H2,1-2H3,(H,19,20)(H,21,22)/p-1. The topological polar surface area (TPSA) is 78.5 Å². The lowest BCUT2D eigenvalue weighted by atomic mass is 10.1. The van der Waals surface area contributed by atoms with E-state index in [-0.39, 0.29) is 5.56 Å². The molecule has 0 aliphatic rings. The molecular formula is C17H15ClNO4-. The van der Waals surface area contributed by atoms with Gasteiger partial charge in [0.15, 0.2) is 0 Å². The van der Waals surface area contributed by atoms with Crippen LogP contribution in [0.1, 0.15) is 33.2 Å². The Balaban J connectivity index is 2.24. The van der Waals surface area contributed by atoms with Crippen molar-refractivity contribution in [1.82, 2.24) is 0 Å². The highest BCUT2D eigenvalue weighted by atomic mass is 35.5. The highest BCUT2D eigenvalue weighted by molar-refractivity contribution is 6.32. The van der Waals surface area contributed by atoms with Gasteiger partial charge in [0, 0.05) is 16.8 Å². The number of aromatic carboxylic acids is 1. The molecule has 2 aromatic rings. The Kier molecular flexibility index (Phi) is 5.24. The van der Waals surface area contributed by atoms with E-state index in [4.69, 9.17) is 16.3 Å². The Morgan fingerprint density at radius 1 is 1.26 bits per heavy atom. The van der Waals surface area contributed by atoms with E-state index < -0.39 is 11.9 Å². The maximum atomic E-state index is 12.3. The van der Waals surface area contributed by atoms with Crippen LogP contribution in [0.3, 0.4) is 0 Å². The Morgan fingerprint density at radius 3 is 2.61 bits per heavy atom.